The second-order valence-electron chi connectivity index (χ2n) is 7.91. The van der Waals surface area contributed by atoms with Gasteiger partial charge in [-0.2, -0.15) is 0 Å². The second-order valence-corrected chi connectivity index (χ2v) is 7.91. The van der Waals surface area contributed by atoms with Gasteiger partial charge in [-0.05, 0) is 55.3 Å². The molecule has 1 heterocycles. The minimum absolute atomic E-state index is 0.260. The number of aromatic nitrogens is 1. The first-order valence-corrected chi connectivity index (χ1v) is 11.5. The first kappa shape index (κ1) is 24.4. The predicted molar refractivity (Wildman–Crippen MR) is 136 cm³/mol. The molecule has 8 nitrogen and oxygen atoms in total. The number of hydrogen-bond acceptors (Lipinski definition) is 6. The molecule has 4 aromatic rings. The van der Waals surface area contributed by atoms with Gasteiger partial charge in [0.05, 0.1) is 17.9 Å². The fraction of sp³-hybridized carbons (Fsp3) is 0.143. The maximum atomic E-state index is 13.0. The Hall–Kier alpha value is -4.72. The Morgan fingerprint density at radius 2 is 1.72 bits per heavy atom. The van der Waals surface area contributed by atoms with E-state index in [1.165, 1.54) is 12.7 Å². The zero-order valence-electron chi connectivity index (χ0n) is 19.7. The molecule has 0 spiro atoms. The Bertz CT molecular complexity index is 1350. The van der Waals surface area contributed by atoms with Gasteiger partial charge in [-0.25, -0.2) is 4.98 Å². The highest BCUT2D eigenvalue weighted by Crippen LogP contribution is 2.21. The monoisotopic (exact) mass is 483 g/mol. The third-order valence-corrected chi connectivity index (χ3v) is 5.40. The molecule has 0 saturated heterocycles. The van der Waals surface area contributed by atoms with E-state index in [0.717, 1.165) is 11.1 Å². The van der Waals surface area contributed by atoms with Crippen LogP contribution in [0.5, 0.6) is 0 Å². The fourth-order valence-electron chi connectivity index (χ4n) is 3.61. The van der Waals surface area contributed by atoms with Gasteiger partial charge in [-0.3, -0.25) is 14.4 Å². The van der Waals surface area contributed by atoms with Gasteiger partial charge in [0.1, 0.15) is 12.0 Å². The van der Waals surface area contributed by atoms with Crippen LogP contribution in [0.25, 0.3) is 11.3 Å². The van der Waals surface area contributed by atoms with Crippen LogP contribution in [0.3, 0.4) is 0 Å². The summed E-state index contributed by atoms with van der Waals surface area (Å²) in [5.74, 6) is -0.970. The zero-order chi connectivity index (χ0) is 25.3. The van der Waals surface area contributed by atoms with Crippen molar-refractivity contribution in [1.82, 2.24) is 4.98 Å². The lowest BCUT2D eigenvalue weighted by Crippen LogP contribution is -2.18. The summed E-state index contributed by atoms with van der Waals surface area (Å²) in [6.07, 6.45) is 3.64. The molecular formula is C28H25N3O5. The highest BCUT2D eigenvalue weighted by molar-refractivity contribution is 6.12. The lowest BCUT2D eigenvalue weighted by Gasteiger charge is -2.12. The van der Waals surface area contributed by atoms with E-state index in [4.69, 9.17) is 9.15 Å². The first-order chi connectivity index (χ1) is 17.5. The third kappa shape index (κ3) is 6.24. The molecule has 0 fully saturated rings. The minimum atomic E-state index is -0.366. The van der Waals surface area contributed by atoms with E-state index in [2.05, 4.69) is 15.6 Å². The highest BCUT2D eigenvalue weighted by Gasteiger charge is 2.15. The number of para-hydroxylation sites is 1. The smallest absolute Gasteiger partial charge is 0.306 e. The van der Waals surface area contributed by atoms with Crippen molar-refractivity contribution in [1.29, 1.82) is 0 Å². The van der Waals surface area contributed by atoms with Gasteiger partial charge in [-0.15, -0.1) is 0 Å². The molecule has 0 aliphatic heterocycles. The predicted octanol–water partition coefficient (Wildman–Crippen LogP) is 5.34. The number of carbonyl (C=O) groups excluding carboxylic acids is 3. The number of ether oxygens (including phenoxy) is 1. The summed E-state index contributed by atoms with van der Waals surface area (Å²) in [5, 5.41) is 5.68. The maximum absolute atomic E-state index is 13.0. The summed E-state index contributed by atoms with van der Waals surface area (Å²) in [6.45, 7) is 2.11. The van der Waals surface area contributed by atoms with E-state index in [1.807, 2.05) is 18.2 Å². The van der Waals surface area contributed by atoms with Crippen molar-refractivity contribution in [2.45, 2.75) is 19.8 Å². The van der Waals surface area contributed by atoms with Gasteiger partial charge < -0.3 is 19.8 Å². The Balaban J connectivity index is 1.43. The number of nitrogens with one attached hydrogen (secondary N) is 2. The molecule has 0 aliphatic rings. The number of benzene rings is 3. The van der Waals surface area contributed by atoms with Crippen molar-refractivity contribution < 1.29 is 23.5 Å². The number of nitrogens with zero attached hydrogens (tertiary/aromatic N) is 1. The molecular weight excluding hydrogens is 458 g/mol. The van der Waals surface area contributed by atoms with Crippen molar-refractivity contribution in [2.24, 2.45) is 0 Å². The summed E-state index contributed by atoms with van der Waals surface area (Å²) in [6, 6.07) is 21.0. The number of anilines is 2. The van der Waals surface area contributed by atoms with Gasteiger partial charge in [-0.1, -0.05) is 36.4 Å². The molecule has 36 heavy (non-hydrogen) atoms. The van der Waals surface area contributed by atoms with E-state index in [0.29, 0.717) is 41.2 Å². The Kier molecular flexibility index (Phi) is 7.87. The lowest BCUT2D eigenvalue weighted by molar-refractivity contribution is -0.143. The van der Waals surface area contributed by atoms with Crippen molar-refractivity contribution >= 4 is 29.2 Å². The first-order valence-electron chi connectivity index (χ1n) is 11.5. The molecule has 0 aliphatic carbocycles. The molecule has 2 amide bonds. The molecule has 3 aromatic carbocycles. The molecule has 1 aromatic heterocycles. The van der Waals surface area contributed by atoms with Gasteiger partial charge in [0, 0.05) is 23.2 Å². The van der Waals surface area contributed by atoms with E-state index in [-0.39, 0.29) is 24.2 Å². The third-order valence-electron chi connectivity index (χ3n) is 5.40. The van der Waals surface area contributed by atoms with Crippen LogP contribution in [0, 0.1) is 0 Å². The highest BCUT2D eigenvalue weighted by atomic mass is 16.5. The SMILES string of the molecule is CCOC(=O)CCc1cccc(NC(=O)c2ccccc2NC(=O)c2ccc(-c3cocn3)cc2)c1. The lowest BCUT2D eigenvalue weighted by atomic mass is 10.1. The average Bonchev–Trinajstić information content (AvgIpc) is 3.43. The summed E-state index contributed by atoms with van der Waals surface area (Å²) in [7, 11) is 0. The molecule has 0 atom stereocenters. The van der Waals surface area contributed by atoms with Crippen LogP contribution >= 0.6 is 0 Å². The van der Waals surface area contributed by atoms with Crippen LogP contribution in [0.4, 0.5) is 11.4 Å². The Morgan fingerprint density at radius 3 is 2.47 bits per heavy atom. The summed E-state index contributed by atoms with van der Waals surface area (Å²) < 4.78 is 9.96. The standard InChI is InChI=1S/C28H25N3O5/c1-2-36-26(32)15-10-19-6-5-7-22(16-19)30-28(34)23-8-3-4-9-24(23)31-27(33)21-13-11-20(12-14-21)25-17-35-18-29-25/h3-9,11-14,16-18H,2,10,15H2,1H3,(H,30,34)(H,31,33). The summed E-state index contributed by atoms with van der Waals surface area (Å²) in [5.41, 5.74) is 4.13. The minimum Gasteiger partial charge on any atom is -0.466 e. The van der Waals surface area contributed by atoms with Crippen molar-refractivity contribution in [3.05, 3.63) is 102 Å². The molecule has 0 unspecified atom stereocenters. The molecule has 4 rings (SSSR count). The van der Waals surface area contributed by atoms with Gasteiger partial charge >= 0.3 is 5.97 Å². The van der Waals surface area contributed by atoms with Gasteiger partial charge in [0.15, 0.2) is 6.39 Å². The molecule has 182 valence electrons. The van der Waals surface area contributed by atoms with Crippen molar-refractivity contribution in [3.8, 4) is 11.3 Å². The molecule has 2 N–H and O–H groups in total. The van der Waals surface area contributed by atoms with Gasteiger partial charge in [0.25, 0.3) is 11.8 Å². The quantitative estimate of drug-likeness (QED) is 0.311. The maximum Gasteiger partial charge on any atom is 0.306 e. The number of hydrogen-bond donors (Lipinski definition) is 2. The topological polar surface area (TPSA) is 111 Å². The van der Waals surface area contributed by atoms with E-state index >= 15 is 0 Å². The number of oxazole rings is 1. The number of carbonyl (C=O) groups is 3. The van der Waals surface area contributed by atoms with Gasteiger partial charge in [0.2, 0.25) is 0 Å². The average molecular weight is 484 g/mol. The summed E-state index contributed by atoms with van der Waals surface area (Å²) in [4.78, 5) is 41.6. The number of amides is 2. The van der Waals surface area contributed by atoms with Crippen LogP contribution in [-0.2, 0) is 16.0 Å². The number of aryl methyl sites for hydroxylation is 1. The molecule has 0 saturated carbocycles. The van der Waals surface area contributed by atoms with Crippen LogP contribution in [0.2, 0.25) is 0 Å². The van der Waals surface area contributed by atoms with Crippen LogP contribution in [0.15, 0.2) is 89.9 Å². The molecule has 0 radical (unpaired) electrons. The second kappa shape index (κ2) is 11.6. The van der Waals surface area contributed by atoms with E-state index < -0.39 is 0 Å². The normalized spacial score (nSPS) is 10.5. The van der Waals surface area contributed by atoms with E-state index in [9.17, 15) is 14.4 Å². The summed E-state index contributed by atoms with van der Waals surface area (Å²) >= 11 is 0. The molecule has 8 heteroatoms. The number of rotatable bonds is 9. The van der Waals surface area contributed by atoms with E-state index in [1.54, 1.807) is 61.5 Å². The molecule has 0 bridgehead atoms. The van der Waals surface area contributed by atoms with Crippen LogP contribution in [0.1, 0.15) is 39.6 Å². The van der Waals surface area contributed by atoms with Crippen LogP contribution in [-0.4, -0.2) is 29.4 Å². The Morgan fingerprint density at radius 1 is 0.917 bits per heavy atom. The zero-order valence-corrected chi connectivity index (χ0v) is 19.7. The number of esters is 1. The largest absolute Gasteiger partial charge is 0.466 e. The van der Waals surface area contributed by atoms with Crippen LogP contribution < -0.4 is 10.6 Å². The van der Waals surface area contributed by atoms with Crippen molar-refractivity contribution in [3.63, 3.8) is 0 Å². The Labute approximate surface area is 208 Å². The van der Waals surface area contributed by atoms with Crippen molar-refractivity contribution in [2.75, 3.05) is 17.2 Å². The fourth-order valence-corrected chi connectivity index (χ4v) is 3.61.